The summed E-state index contributed by atoms with van der Waals surface area (Å²) >= 11 is 12.4. The number of benzene rings is 2. The van der Waals surface area contributed by atoms with E-state index in [4.69, 9.17) is 32.7 Å². The van der Waals surface area contributed by atoms with Crippen LogP contribution in [0.3, 0.4) is 0 Å². The summed E-state index contributed by atoms with van der Waals surface area (Å²) < 4.78 is 24.7. The van der Waals surface area contributed by atoms with Gasteiger partial charge in [-0.3, -0.25) is 0 Å². The maximum Gasteiger partial charge on any atom is 0.163 e. The Hall–Kier alpha value is -1.49. The van der Waals surface area contributed by atoms with Gasteiger partial charge in [-0.25, -0.2) is 4.39 Å². The van der Waals surface area contributed by atoms with E-state index in [9.17, 15) is 4.39 Å². The lowest BCUT2D eigenvalue weighted by molar-refractivity contribution is 0.269. The molecule has 0 heterocycles. The highest BCUT2D eigenvalue weighted by atomic mass is 35.5. The molecule has 2 aromatic carbocycles. The zero-order valence-corrected chi connectivity index (χ0v) is 15.5. The smallest absolute Gasteiger partial charge is 0.163 e. The van der Waals surface area contributed by atoms with Gasteiger partial charge in [0.05, 0.1) is 11.6 Å². The quantitative estimate of drug-likeness (QED) is 0.665. The summed E-state index contributed by atoms with van der Waals surface area (Å²) in [4.78, 5) is 0. The van der Waals surface area contributed by atoms with Crippen LogP contribution in [0.25, 0.3) is 0 Å². The first-order valence-corrected chi connectivity index (χ1v) is 9.07. The molecule has 1 N–H and O–H groups in total. The normalized spacial score (nSPS) is 13.8. The van der Waals surface area contributed by atoms with Crippen LogP contribution in [0.4, 0.5) is 4.39 Å². The van der Waals surface area contributed by atoms with Gasteiger partial charge in [-0.15, -0.1) is 0 Å². The summed E-state index contributed by atoms with van der Waals surface area (Å²) in [7, 11) is 0. The summed E-state index contributed by atoms with van der Waals surface area (Å²) in [6, 6.07) is 8.49. The molecule has 0 unspecified atom stereocenters. The van der Waals surface area contributed by atoms with Crippen molar-refractivity contribution in [2.24, 2.45) is 0 Å². The molecule has 0 radical (unpaired) electrons. The SMILES string of the molecule is CCOc1cc(CNC2CC2)c(Cl)cc1OCc1ccc(F)cc1Cl. The minimum atomic E-state index is -0.376. The molecule has 1 aliphatic carbocycles. The zero-order valence-electron chi connectivity index (χ0n) is 14.0. The second-order valence-corrected chi connectivity index (χ2v) is 6.82. The standard InChI is InChI=1S/C19H20Cl2FNO2/c1-2-24-18-7-13(10-23-15-5-6-15)17(21)9-19(18)25-11-12-3-4-14(22)8-16(12)20/h3-4,7-9,15,23H,2,5-6,10-11H2,1H3. The summed E-state index contributed by atoms with van der Waals surface area (Å²) in [6.07, 6.45) is 2.44. The van der Waals surface area contributed by atoms with Crippen molar-refractivity contribution in [1.29, 1.82) is 0 Å². The van der Waals surface area contributed by atoms with Crippen LogP contribution in [0.15, 0.2) is 30.3 Å². The van der Waals surface area contributed by atoms with Gasteiger partial charge in [0, 0.05) is 29.2 Å². The van der Waals surface area contributed by atoms with E-state index in [1.54, 1.807) is 12.1 Å². The number of halogens is 3. The van der Waals surface area contributed by atoms with Gasteiger partial charge in [-0.2, -0.15) is 0 Å². The van der Waals surface area contributed by atoms with Crippen molar-refractivity contribution in [2.45, 2.75) is 39.0 Å². The monoisotopic (exact) mass is 383 g/mol. The molecular weight excluding hydrogens is 364 g/mol. The Morgan fingerprint density at radius 3 is 2.44 bits per heavy atom. The van der Waals surface area contributed by atoms with Gasteiger partial charge in [-0.05, 0) is 43.5 Å². The van der Waals surface area contributed by atoms with Crippen molar-refractivity contribution in [1.82, 2.24) is 5.32 Å². The number of rotatable bonds is 8. The van der Waals surface area contributed by atoms with Crippen molar-refractivity contribution < 1.29 is 13.9 Å². The Morgan fingerprint density at radius 1 is 1.04 bits per heavy atom. The predicted molar refractivity (Wildman–Crippen MR) is 98.2 cm³/mol. The molecule has 0 spiro atoms. The highest BCUT2D eigenvalue weighted by Gasteiger charge is 2.21. The fourth-order valence-electron chi connectivity index (χ4n) is 2.43. The Kier molecular flexibility index (Phi) is 6.05. The third kappa shape index (κ3) is 5.00. The van der Waals surface area contributed by atoms with Gasteiger partial charge in [0.25, 0.3) is 0 Å². The lowest BCUT2D eigenvalue weighted by atomic mass is 10.2. The number of nitrogens with one attached hydrogen (secondary N) is 1. The minimum Gasteiger partial charge on any atom is -0.490 e. The molecule has 1 aliphatic rings. The van der Waals surface area contributed by atoms with Gasteiger partial charge in [0.1, 0.15) is 12.4 Å². The molecule has 3 nitrogen and oxygen atoms in total. The summed E-state index contributed by atoms with van der Waals surface area (Å²) in [5, 5.41) is 4.39. The average Bonchev–Trinajstić information content (AvgIpc) is 3.39. The second kappa shape index (κ2) is 8.26. The van der Waals surface area contributed by atoms with Crippen LogP contribution in [0, 0.1) is 5.82 Å². The Bertz CT molecular complexity index is 750. The molecule has 0 saturated heterocycles. The maximum atomic E-state index is 13.1. The van der Waals surface area contributed by atoms with Gasteiger partial charge < -0.3 is 14.8 Å². The largest absolute Gasteiger partial charge is 0.490 e. The molecule has 0 amide bonds. The molecule has 25 heavy (non-hydrogen) atoms. The first-order valence-electron chi connectivity index (χ1n) is 8.32. The van der Waals surface area contributed by atoms with Crippen LogP contribution in [-0.2, 0) is 13.2 Å². The van der Waals surface area contributed by atoms with Crippen LogP contribution >= 0.6 is 23.2 Å². The molecular formula is C19H20Cl2FNO2. The minimum absolute atomic E-state index is 0.204. The lowest BCUT2D eigenvalue weighted by Crippen LogP contribution is -2.15. The number of ether oxygens (including phenoxy) is 2. The average molecular weight is 384 g/mol. The summed E-state index contributed by atoms with van der Waals surface area (Å²) in [5.74, 6) is 0.805. The topological polar surface area (TPSA) is 30.5 Å². The van der Waals surface area contributed by atoms with E-state index >= 15 is 0 Å². The van der Waals surface area contributed by atoms with Crippen LogP contribution in [0.5, 0.6) is 11.5 Å². The van der Waals surface area contributed by atoms with Crippen molar-refractivity contribution >= 4 is 23.2 Å². The first kappa shape index (κ1) is 18.3. The van der Waals surface area contributed by atoms with E-state index in [-0.39, 0.29) is 12.4 Å². The molecule has 3 rings (SSSR count). The highest BCUT2D eigenvalue weighted by Crippen LogP contribution is 2.35. The molecule has 0 bridgehead atoms. The summed E-state index contributed by atoms with van der Waals surface area (Å²) in [6.45, 7) is 3.34. The Morgan fingerprint density at radius 2 is 1.76 bits per heavy atom. The molecule has 2 aromatic rings. The van der Waals surface area contributed by atoms with Crippen molar-refractivity contribution in [3.05, 3.63) is 57.3 Å². The van der Waals surface area contributed by atoms with Gasteiger partial charge in [-0.1, -0.05) is 29.3 Å². The van der Waals surface area contributed by atoms with E-state index < -0.39 is 0 Å². The molecule has 0 atom stereocenters. The van der Waals surface area contributed by atoms with E-state index in [1.807, 2.05) is 13.0 Å². The van der Waals surface area contributed by atoms with Gasteiger partial charge >= 0.3 is 0 Å². The fourth-order valence-corrected chi connectivity index (χ4v) is 2.87. The zero-order chi connectivity index (χ0) is 17.8. The lowest BCUT2D eigenvalue weighted by Gasteiger charge is -2.15. The molecule has 1 fully saturated rings. The second-order valence-electron chi connectivity index (χ2n) is 6.00. The fraction of sp³-hybridized carbons (Fsp3) is 0.368. The molecule has 0 aliphatic heterocycles. The van der Waals surface area contributed by atoms with Crippen LogP contribution in [0.1, 0.15) is 30.9 Å². The van der Waals surface area contributed by atoms with Crippen molar-refractivity contribution in [2.75, 3.05) is 6.61 Å². The van der Waals surface area contributed by atoms with E-state index in [1.165, 1.54) is 25.0 Å². The van der Waals surface area contributed by atoms with Crippen LogP contribution < -0.4 is 14.8 Å². The third-order valence-electron chi connectivity index (χ3n) is 3.97. The first-order chi connectivity index (χ1) is 12.1. The molecule has 1 saturated carbocycles. The molecule has 134 valence electrons. The van der Waals surface area contributed by atoms with Crippen molar-refractivity contribution in [3.8, 4) is 11.5 Å². The number of hydrogen-bond acceptors (Lipinski definition) is 3. The van der Waals surface area contributed by atoms with Gasteiger partial charge in [0.2, 0.25) is 0 Å². The Balaban J connectivity index is 1.75. The van der Waals surface area contributed by atoms with E-state index in [2.05, 4.69) is 5.32 Å². The highest BCUT2D eigenvalue weighted by molar-refractivity contribution is 6.31. The maximum absolute atomic E-state index is 13.1. The van der Waals surface area contributed by atoms with E-state index in [0.29, 0.717) is 46.3 Å². The van der Waals surface area contributed by atoms with Crippen LogP contribution in [-0.4, -0.2) is 12.6 Å². The molecule has 0 aromatic heterocycles. The van der Waals surface area contributed by atoms with Crippen molar-refractivity contribution in [3.63, 3.8) is 0 Å². The molecule has 6 heteroatoms. The third-order valence-corrected chi connectivity index (χ3v) is 4.67. The summed E-state index contributed by atoms with van der Waals surface area (Å²) in [5.41, 5.74) is 1.67. The van der Waals surface area contributed by atoms with Crippen LogP contribution in [0.2, 0.25) is 10.0 Å². The predicted octanol–water partition coefficient (Wildman–Crippen LogP) is 5.36. The van der Waals surface area contributed by atoms with Gasteiger partial charge in [0.15, 0.2) is 11.5 Å². The van der Waals surface area contributed by atoms with E-state index in [0.717, 1.165) is 5.56 Å². The number of hydrogen-bond donors (Lipinski definition) is 1. The Labute approximate surface area is 157 Å².